The average molecular weight is 1900 g/mol. The molecule has 0 saturated carbocycles. The molecule has 0 spiro atoms. The van der Waals surface area contributed by atoms with Crippen LogP contribution in [-0.2, 0) is 47.6 Å². The smallest absolute Gasteiger partial charge is 0.493 e. The molecule has 11 aromatic rings. The van der Waals surface area contributed by atoms with Crippen molar-refractivity contribution in [2.45, 2.75) is 184 Å². The average Bonchev–Trinajstić information content (AvgIpc) is 1.59. The summed E-state index contributed by atoms with van der Waals surface area (Å²) in [4.78, 5) is 59.9. The van der Waals surface area contributed by atoms with E-state index in [2.05, 4.69) is 101 Å². The zero-order valence-electron chi connectivity index (χ0n) is 71.0. The van der Waals surface area contributed by atoms with Crippen LogP contribution < -0.4 is 35.6 Å². The van der Waals surface area contributed by atoms with Crippen LogP contribution in [0.25, 0.3) is 45.7 Å². The van der Waals surface area contributed by atoms with Crippen molar-refractivity contribution in [2.24, 2.45) is 17.8 Å². The topological polar surface area (TPSA) is 327 Å². The van der Waals surface area contributed by atoms with Gasteiger partial charge in [-0.05, 0) is 237 Å². The van der Waals surface area contributed by atoms with Crippen molar-refractivity contribution in [1.82, 2.24) is 69.2 Å². The number of rotatable bonds is 3. The monoisotopic (exact) mass is 1890 g/mol. The lowest BCUT2D eigenvalue weighted by Gasteiger charge is -2.32. The Morgan fingerprint density at radius 3 is 1.15 bits per heavy atom. The van der Waals surface area contributed by atoms with Crippen LogP contribution in [0.2, 0.25) is 0 Å². The van der Waals surface area contributed by atoms with E-state index in [4.69, 9.17) is 42.1 Å². The fourth-order valence-corrected chi connectivity index (χ4v) is 14.1. The molecule has 3 N–H and O–H groups in total. The Bertz CT molecular complexity index is 5630. The number of carbonyl (C=O) groups is 3. The van der Waals surface area contributed by atoms with Gasteiger partial charge in [0.25, 0.3) is 17.7 Å². The van der Waals surface area contributed by atoms with Gasteiger partial charge < -0.3 is 71.8 Å². The number of hydrogen-bond acceptors (Lipinski definition) is 23. The van der Waals surface area contributed by atoms with Crippen LogP contribution >= 0.6 is 38.5 Å². The molecule has 3 saturated heterocycles. The zero-order chi connectivity index (χ0) is 89.0. The number of carbonyl (C=O) groups excluding carboxylic acids is 3. The van der Waals surface area contributed by atoms with Crippen LogP contribution in [0.1, 0.15) is 162 Å². The maximum atomic E-state index is 15.3. The molecule has 3 amide bonds. The first-order valence-electron chi connectivity index (χ1n) is 40.2. The number of anilines is 3. The standard InChI is InChI=1S/C25H29BFN5O4.C24H20F2N6O2.C19H17BrFN5O2.C12H24B2O4.C5H3FIN.CH4/c1-15-9-10-34-20-12-18(27)17(26-35-24(2,3)25(4,5)36-26)11-16(20)23(33)30-21-8-6-7-19(29-21)22-31-28-14-32(22)13-15;1-14-7-9-34-20-11-18(25)16(15-4-3-8-27-22(15)26)10-17(20)24(33)30-21-6-2-5-19(29-21)23-31-28-13-32(23)12-14;1-11-5-6-28-16-8-14(21)13(20)7-12(16)19(27)24-17-4-2-3-15(23-17)18-25-22-10-26(18)9-11;1-9(2)10(3,4)16-13(15-9)14-17-11(5,6)12(7,8)18-14;6-5-4(7)2-1-3-8-5;/h6-8,11-12,14-15H,9-10,13H2,1-5H3,(H,29,30,33);2-6,8,10-11,13-14H,7,9,12H2,1H3,(H,29,30,33);2-4,7-8,10-11H,5-6,9H2,1H3,(H,23,24,27);1-8H3;1-3H;1H4/t15-;14-;11-;;;/m000.../s1. The van der Waals surface area contributed by atoms with Gasteiger partial charge in [-0.2, -0.15) is 8.78 Å². The number of benzene rings is 3. The van der Waals surface area contributed by atoms with Crippen molar-refractivity contribution >= 4 is 100 Å². The van der Waals surface area contributed by atoms with E-state index >= 15 is 4.39 Å². The van der Waals surface area contributed by atoms with Gasteiger partial charge >= 0.3 is 21.1 Å². The summed E-state index contributed by atoms with van der Waals surface area (Å²) >= 11 is 5.01. The Morgan fingerprint density at radius 1 is 0.424 bits per heavy atom. The number of fused-ring (bicyclic) bond motifs is 15. The largest absolute Gasteiger partial charge is 0.497 e. The van der Waals surface area contributed by atoms with E-state index in [-0.39, 0.29) is 115 Å². The summed E-state index contributed by atoms with van der Waals surface area (Å²) in [6.45, 7) is 32.9. The van der Waals surface area contributed by atoms with Crippen LogP contribution in [-0.4, -0.2) is 161 Å². The summed E-state index contributed by atoms with van der Waals surface area (Å²) in [7, 11) is -1.92. The van der Waals surface area contributed by atoms with E-state index in [9.17, 15) is 31.9 Å². The molecule has 17 rings (SSSR count). The summed E-state index contributed by atoms with van der Waals surface area (Å²) in [6, 6.07) is 29.6. The highest BCUT2D eigenvalue weighted by atomic mass is 127. The minimum absolute atomic E-state index is 0. The van der Waals surface area contributed by atoms with Crippen molar-refractivity contribution < 1.29 is 78.5 Å². The van der Waals surface area contributed by atoms with Crippen molar-refractivity contribution in [3.63, 3.8) is 0 Å². The Labute approximate surface area is 744 Å². The number of pyridine rings is 5. The SMILES string of the molecule is C.CC1(C)OB(B2OC(C)(C)C(C)(C)O2)OC1(C)C.C[C@H]1CCOc2cc(F)c(-c3cccnc3F)cc2C(=O)Nc2cccc(n2)-c2nncn2C1.C[C@H]1CCOc2cc(F)c(B3OC(C)(C)C(C)(C)O3)cc2C(=O)Nc2cccc(n2)-c2nncn2C1.C[C@H]1CCOc2cc(F)c(Br)cc2C(=O)Nc2cccc(n2)-c2nncn2C1.Fc1ncccc1I. The van der Waals surface area contributed by atoms with Crippen molar-refractivity contribution in [1.29, 1.82) is 0 Å². The number of aromatic nitrogens is 14. The molecular weight excluding hydrogens is 1800 g/mol. The van der Waals surface area contributed by atoms with Gasteiger partial charge in [0.1, 0.15) is 88.2 Å². The van der Waals surface area contributed by atoms with Gasteiger partial charge in [-0.3, -0.25) is 14.4 Å². The van der Waals surface area contributed by atoms with E-state index in [0.717, 1.165) is 6.07 Å². The molecule has 3 aromatic carbocycles. The third-order valence-corrected chi connectivity index (χ3v) is 24.0. The first-order chi connectivity index (χ1) is 58.7. The maximum absolute atomic E-state index is 15.3. The lowest BCUT2D eigenvalue weighted by Crippen LogP contribution is -2.41. The number of nitrogens with zero attached hydrogens (tertiary/aromatic N) is 14. The fraction of sp³-hybridized carbons (Fsp3) is 0.395. The van der Waals surface area contributed by atoms with Crippen LogP contribution in [0.5, 0.6) is 17.2 Å². The number of amides is 3. The molecule has 0 unspecified atom stereocenters. The van der Waals surface area contributed by atoms with Crippen molar-refractivity contribution in [3.8, 4) is 62.9 Å². The highest BCUT2D eigenvalue weighted by Crippen LogP contribution is 2.44. The van der Waals surface area contributed by atoms with Gasteiger partial charge in [0, 0.05) is 66.8 Å². The predicted molar refractivity (Wildman–Crippen MR) is 473 cm³/mol. The molecule has 0 radical (unpaired) electrons. The fourth-order valence-electron chi connectivity index (χ4n) is 13.4. The normalized spacial score (nSPS) is 19.4. The number of nitrogens with one attached hydrogen (secondary N) is 3. The molecule has 656 valence electrons. The number of ether oxygens (including phenoxy) is 3. The molecule has 0 aliphatic carbocycles. The van der Waals surface area contributed by atoms with Gasteiger partial charge in [0.05, 0.1) is 78.2 Å². The predicted octanol–water partition coefficient (Wildman–Crippen LogP) is 16.4. The van der Waals surface area contributed by atoms with E-state index in [0.29, 0.717) is 102 Å². The minimum atomic E-state index is -0.964. The summed E-state index contributed by atoms with van der Waals surface area (Å²) in [5, 5.41) is 32.8. The van der Waals surface area contributed by atoms with Crippen molar-refractivity contribution in [2.75, 3.05) is 35.8 Å². The van der Waals surface area contributed by atoms with Crippen molar-refractivity contribution in [3.05, 3.63) is 201 Å². The molecule has 8 aromatic heterocycles. The van der Waals surface area contributed by atoms with Gasteiger partial charge in [-0.1, -0.05) is 46.4 Å². The highest BCUT2D eigenvalue weighted by molar-refractivity contribution is 14.1. The molecule has 39 heteroatoms. The third-order valence-electron chi connectivity index (χ3n) is 22.6. The van der Waals surface area contributed by atoms with E-state index < -0.39 is 79.4 Å². The summed E-state index contributed by atoms with van der Waals surface area (Å²) in [5.41, 5.74) is -0.564. The first kappa shape index (κ1) is 93.6. The number of hydrogen-bond donors (Lipinski definition) is 3. The van der Waals surface area contributed by atoms with Crippen LogP contribution in [0, 0.1) is 50.7 Å². The Balaban J connectivity index is 0.000000150. The van der Waals surface area contributed by atoms with E-state index in [1.165, 1.54) is 54.9 Å². The van der Waals surface area contributed by atoms with Crippen LogP contribution in [0.3, 0.4) is 0 Å². The van der Waals surface area contributed by atoms with Gasteiger partial charge in [-0.15, -0.1) is 30.6 Å². The quantitative estimate of drug-likeness (QED) is 0.0640. The summed E-state index contributed by atoms with van der Waals surface area (Å²) in [5.74, 6) is -0.697. The molecule has 6 bridgehead atoms. The second-order valence-electron chi connectivity index (χ2n) is 33.7. The highest BCUT2D eigenvalue weighted by Gasteiger charge is 2.64. The lowest BCUT2D eigenvalue weighted by molar-refractivity contribution is 0.00578. The Kier molecular flexibility index (Phi) is 29.0. The zero-order valence-corrected chi connectivity index (χ0v) is 74.7. The summed E-state index contributed by atoms with van der Waals surface area (Å²) in [6.07, 6.45) is 9.67. The van der Waals surface area contributed by atoms with Crippen LogP contribution in [0.4, 0.5) is 39.4 Å². The molecule has 3 atom stereocenters. The second kappa shape index (κ2) is 38.7. The van der Waals surface area contributed by atoms with E-state index in [1.54, 1.807) is 73.6 Å². The van der Waals surface area contributed by atoms with Crippen LogP contribution in [0.15, 0.2) is 151 Å². The van der Waals surface area contributed by atoms with E-state index in [1.807, 2.05) is 138 Å². The minimum Gasteiger partial charge on any atom is -0.493 e. The second-order valence-corrected chi connectivity index (χ2v) is 35.7. The molecule has 14 heterocycles. The third kappa shape index (κ3) is 21.8. The Morgan fingerprint density at radius 2 is 0.776 bits per heavy atom. The summed E-state index contributed by atoms with van der Waals surface area (Å²) < 4.78 is 131. The van der Waals surface area contributed by atoms with Gasteiger partial charge in [0.2, 0.25) is 11.9 Å². The number of halogens is 7. The Hall–Kier alpha value is -10.5. The lowest BCUT2D eigenvalue weighted by atomic mass is 9.49. The molecule has 3 fully saturated rings. The van der Waals surface area contributed by atoms with Gasteiger partial charge in [-0.25, -0.2) is 38.1 Å². The molecule has 125 heavy (non-hydrogen) atoms. The molecular formula is C86H97B3BrF5IN17O12. The molecule has 29 nitrogen and oxygen atoms in total. The molecule has 6 aliphatic rings. The van der Waals surface area contributed by atoms with Gasteiger partial charge in [0.15, 0.2) is 17.5 Å². The molecule has 6 aliphatic heterocycles. The maximum Gasteiger partial charge on any atom is 0.497 e. The first-order valence-corrected chi connectivity index (χ1v) is 42.1.